The molecule has 1 saturated heterocycles. The van der Waals surface area contributed by atoms with Crippen molar-refractivity contribution in [2.75, 3.05) is 33.2 Å². The normalized spacial score (nSPS) is 23.5. The molecular formula is C16H33IN4. The summed E-state index contributed by atoms with van der Waals surface area (Å²) in [5, 5.41) is 6.84. The molecule has 2 fully saturated rings. The molecule has 1 aliphatic carbocycles. The van der Waals surface area contributed by atoms with E-state index in [1.807, 2.05) is 7.05 Å². The quantitative estimate of drug-likeness (QED) is 0.295. The van der Waals surface area contributed by atoms with Crippen molar-refractivity contribution in [3.8, 4) is 0 Å². The molecule has 2 N–H and O–H groups in total. The second kappa shape index (κ2) is 10.6. The van der Waals surface area contributed by atoms with Gasteiger partial charge >= 0.3 is 0 Å². The molecule has 4 nitrogen and oxygen atoms in total. The molecule has 21 heavy (non-hydrogen) atoms. The molecule has 1 aliphatic heterocycles. The summed E-state index contributed by atoms with van der Waals surface area (Å²) in [5.74, 6) is 1.96. The minimum atomic E-state index is 0. The van der Waals surface area contributed by atoms with Crippen molar-refractivity contribution in [2.24, 2.45) is 10.9 Å². The molecule has 0 aromatic carbocycles. The van der Waals surface area contributed by atoms with Gasteiger partial charge in [0.2, 0.25) is 0 Å². The minimum absolute atomic E-state index is 0. The van der Waals surface area contributed by atoms with Gasteiger partial charge in [0.15, 0.2) is 5.96 Å². The maximum atomic E-state index is 4.29. The first-order valence-corrected chi connectivity index (χ1v) is 8.48. The van der Waals surface area contributed by atoms with E-state index < -0.39 is 0 Å². The summed E-state index contributed by atoms with van der Waals surface area (Å²) in [6.45, 7) is 6.95. The molecule has 1 heterocycles. The Morgan fingerprint density at radius 1 is 1.14 bits per heavy atom. The molecule has 0 spiro atoms. The molecule has 0 aromatic heterocycles. The van der Waals surface area contributed by atoms with Crippen LogP contribution in [0.4, 0.5) is 0 Å². The molecule has 1 atom stereocenters. The Bertz CT molecular complexity index is 305. The van der Waals surface area contributed by atoms with Crippen LogP contribution in [0.2, 0.25) is 0 Å². The van der Waals surface area contributed by atoms with Crippen molar-refractivity contribution in [1.82, 2.24) is 15.5 Å². The molecule has 2 aliphatic rings. The summed E-state index contributed by atoms with van der Waals surface area (Å²) in [6.07, 6.45) is 9.52. The van der Waals surface area contributed by atoms with Gasteiger partial charge in [-0.1, -0.05) is 19.3 Å². The van der Waals surface area contributed by atoms with Crippen LogP contribution in [0.1, 0.15) is 51.9 Å². The highest BCUT2D eigenvalue weighted by atomic mass is 127. The van der Waals surface area contributed by atoms with Crippen LogP contribution in [0.15, 0.2) is 4.99 Å². The van der Waals surface area contributed by atoms with Crippen molar-refractivity contribution >= 4 is 29.9 Å². The topological polar surface area (TPSA) is 39.7 Å². The zero-order chi connectivity index (χ0) is 14.2. The van der Waals surface area contributed by atoms with Crippen LogP contribution in [0.5, 0.6) is 0 Å². The Balaban J connectivity index is 0.00000220. The molecule has 0 bridgehead atoms. The van der Waals surface area contributed by atoms with Gasteiger partial charge in [-0.3, -0.25) is 4.99 Å². The summed E-state index contributed by atoms with van der Waals surface area (Å²) in [5.41, 5.74) is 0. The Morgan fingerprint density at radius 2 is 1.90 bits per heavy atom. The molecule has 1 saturated carbocycles. The minimum Gasteiger partial charge on any atom is -0.356 e. The summed E-state index contributed by atoms with van der Waals surface area (Å²) in [7, 11) is 1.86. The lowest BCUT2D eigenvalue weighted by Gasteiger charge is -2.33. The van der Waals surface area contributed by atoms with Crippen molar-refractivity contribution in [3.63, 3.8) is 0 Å². The van der Waals surface area contributed by atoms with Gasteiger partial charge in [0.25, 0.3) is 0 Å². The second-order valence-electron chi connectivity index (χ2n) is 6.39. The van der Waals surface area contributed by atoms with Gasteiger partial charge in [-0.05, 0) is 45.1 Å². The Morgan fingerprint density at radius 3 is 2.57 bits per heavy atom. The first kappa shape index (κ1) is 19.0. The van der Waals surface area contributed by atoms with Crippen molar-refractivity contribution < 1.29 is 0 Å². The predicted octanol–water partition coefficient (Wildman–Crippen LogP) is 2.83. The van der Waals surface area contributed by atoms with E-state index >= 15 is 0 Å². The monoisotopic (exact) mass is 408 g/mol. The second-order valence-corrected chi connectivity index (χ2v) is 6.39. The molecule has 1 unspecified atom stereocenters. The number of hydrogen-bond acceptors (Lipinski definition) is 2. The van der Waals surface area contributed by atoms with E-state index in [2.05, 4.69) is 27.4 Å². The van der Waals surface area contributed by atoms with E-state index in [1.54, 1.807) is 0 Å². The van der Waals surface area contributed by atoms with E-state index in [9.17, 15) is 0 Å². The zero-order valence-electron chi connectivity index (χ0n) is 13.7. The van der Waals surface area contributed by atoms with Gasteiger partial charge in [-0.15, -0.1) is 24.0 Å². The van der Waals surface area contributed by atoms with Gasteiger partial charge in [0.1, 0.15) is 0 Å². The SMILES string of the molecule is CN=C(NCCCN1CCCCC1C)NCCC1CC1.I. The van der Waals surface area contributed by atoms with Crippen molar-refractivity contribution in [3.05, 3.63) is 0 Å². The molecule has 0 amide bonds. The number of hydrogen-bond donors (Lipinski definition) is 2. The average Bonchev–Trinajstić information content (AvgIpc) is 3.27. The summed E-state index contributed by atoms with van der Waals surface area (Å²) in [6, 6.07) is 0.778. The number of nitrogens with zero attached hydrogens (tertiary/aromatic N) is 2. The number of halogens is 1. The molecule has 0 aromatic rings. The third-order valence-electron chi connectivity index (χ3n) is 4.62. The highest BCUT2D eigenvalue weighted by Gasteiger charge is 2.20. The fraction of sp³-hybridized carbons (Fsp3) is 0.938. The van der Waals surface area contributed by atoms with Crippen LogP contribution < -0.4 is 10.6 Å². The van der Waals surface area contributed by atoms with Crippen molar-refractivity contribution in [2.45, 2.75) is 57.9 Å². The van der Waals surface area contributed by atoms with E-state index in [1.165, 1.54) is 58.0 Å². The molecule has 0 radical (unpaired) electrons. The van der Waals surface area contributed by atoms with E-state index in [0.717, 1.165) is 31.0 Å². The Labute approximate surface area is 147 Å². The standard InChI is InChI=1S/C16H32N4.HI/c1-14-6-3-4-12-20(14)13-5-10-18-16(17-2)19-11-9-15-7-8-15;/h14-15H,3-13H2,1-2H3,(H2,17,18,19);1H. The van der Waals surface area contributed by atoms with E-state index in [-0.39, 0.29) is 24.0 Å². The largest absolute Gasteiger partial charge is 0.356 e. The number of nitrogens with one attached hydrogen (secondary N) is 2. The fourth-order valence-corrected chi connectivity index (χ4v) is 3.00. The van der Waals surface area contributed by atoms with Crippen LogP contribution in [-0.4, -0.2) is 50.1 Å². The Hall–Kier alpha value is -0.0400. The summed E-state index contributed by atoms with van der Waals surface area (Å²) in [4.78, 5) is 6.92. The number of aliphatic imine (C=N–C) groups is 1. The number of piperidine rings is 1. The number of likely N-dealkylation sites (tertiary alicyclic amines) is 1. The number of rotatable bonds is 7. The van der Waals surface area contributed by atoms with Gasteiger partial charge in [0, 0.05) is 32.7 Å². The molecule has 5 heteroatoms. The maximum absolute atomic E-state index is 4.29. The van der Waals surface area contributed by atoms with Crippen LogP contribution in [0.25, 0.3) is 0 Å². The lowest BCUT2D eigenvalue weighted by atomic mass is 10.0. The highest BCUT2D eigenvalue weighted by Crippen LogP contribution is 2.31. The van der Waals surface area contributed by atoms with Crippen LogP contribution in [0.3, 0.4) is 0 Å². The maximum Gasteiger partial charge on any atom is 0.190 e. The van der Waals surface area contributed by atoms with Gasteiger partial charge in [-0.25, -0.2) is 0 Å². The van der Waals surface area contributed by atoms with E-state index in [4.69, 9.17) is 0 Å². The molecular weight excluding hydrogens is 375 g/mol. The first-order chi connectivity index (χ1) is 9.79. The van der Waals surface area contributed by atoms with Gasteiger partial charge < -0.3 is 15.5 Å². The van der Waals surface area contributed by atoms with Crippen molar-refractivity contribution in [1.29, 1.82) is 0 Å². The number of guanidine groups is 1. The Kier molecular flexibility index (Phi) is 9.64. The summed E-state index contributed by atoms with van der Waals surface area (Å²) < 4.78 is 0. The third kappa shape index (κ3) is 7.68. The van der Waals surface area contributed by atoms with Crippen LogP contribution >= 0.6 is 24.0 Å². The predicted molar refractivity (Wildman–Crippen MR) is 102 cm³/mol. The molecule has 124 valence electrons. The first-order valence-electron chi connectivity index (χ1n) is 8.48. The lowest BCUT2D eigenvalue weighted by molar-refractivity contribution is 0.159. The fourth-order valence-electron chi connectivity index (χ4n) is 3.00. The lowest BCUT2D eigenvalue weighted by Crippen LogP contribution is -2.41. The highest BCUT2D eigenvalue weighted by molar-refractivity contribution is 14.0. The average molecular weight is 408 g/mol. The van der Waals surface area contributed by atoms with Crippen LogP contribution in [0, 0.1) is 5.92 Å². The third-order valence-corrected chi connectivity index (χ3v) is 4.62. The van der Waals surface area contributed by atoms with Gasteiger partial charge in [0.05, 0.1) is 0 Å². The zero-order valence-corrected chi connectivity index (χ0v) is 16.1. The van der Waals surface area contributed by atoms with Gasteiger partial charge in [-0.2, -0.15) is 0 Å². The smallest absolute Gasteiger partial charge is 0.190 e. The molecule has 2 rings (SSSR count). The van der Waals surface area contributed by atoms with E-state index in [0.29, 0.717) is 0 Å². The van der Waals surface area contributed by atoms with Crippen LogP contribution in [-0.2, 0) is 0 Å². The summed E-state index contributed by atoms with van der Waals surface area (Å²) >= 11 is 0.